The first-order chi connectivity index (χ1) is 24.0. The van der Waals surface area contributed by atoms with Crippen molar-refractivity contribution < 1.29 is 0 Å². The number of imidazole rings is 2. The fourth-order valence-electron chi connectivity index (χ4n) is 7.77. The van der Waals surface area contributed by atoms with Crippen LogP contribution in [0.25, 0.3) is 82.5 Å². The van der Waals surface area contributed by atoms with E-state index >= 15 is 0 Å². The highest BCUT2D eigenvalue weighted by molar-refractivity contribution is 6.21. The van der Waals surface area contributed by atoms with E-state index in [9.17, 15) is 0 Å². The highest BCUT2D eigenvalue weighted by Crippen LogP contribution is 2.35. The van der Waals surface area contributed by atoms with Gasteiger partial charge in [0.2, 0.25) is 5.78 Å². The molecule has 0 bridgehead atoms. The van der Waals surface area contributed by atoms with Gasteiger partial charge in [0.25, 0.3) is 0 Å². The second-order valence-corrected chi connectivity index (χ2v) is 12.7. The lowest BCUT2D eigenvalue weighted by Gasteiger charge is -2.02. The van der Waals surface area contributed by atoms with Crippen LogP contribution in [0.1, 0.15) is 0 Å². The Morgan fingerprint density at radius 2 is 0.735 bits per heavy atom. The molecule has 0 N–H and O–H groups in total. The van der Waals surface area contributed by atoms with Gasteiger partial charge >= 0.3 is 0 Å². The molecule has 11 rings (SSSR count). The lowest BCUT2D eigenvalue weighted by atomic mass is 10.1. The molecule has 0 unspecified atom stereocenters. The maximum atomic E-state index is 4.68. The van der Waals surface area contributed by atoms with Crippen molar-refractivity contribution in [2.24, 2.45) is 28.2 Å². The number of rotatable bonds is 0. The van der Waals surface area contributed by atoms with E-state index in [1.807, 2.05) is 6.07 Å². The van der Waals surface area contributed by atoms with Crippen molar-refractivity contribution >= 4 is 82.5 Å². The number of aromatic nitrogens is 6. The summed E-state index contributed by atoms with van der Waals surface area (Å²) in [6.45, 7) is 0. The van der Waals surface area contributed by atoms with Gasteiger partial charge in [0.05, 0.1) is 33.1 Å². The van der Waals surface area contributed by atoms with E-state index in [4.69, 9.17) is 0 Å². The highest BCUT2D eigenvalue weighted by atomic mass is 15.2. The molecular weight excluding hydrogens is 601 g/mol. The number of para-hydroxylation sites is 8. The van der Waals surface area contributed by atoms with Crippen molar-refractivity contribution in [2.45, 2.75) is 0 Å². The molecule has 0 aliphatic carbocycles. The molecule has 0 saturated heterocycles. The number of aryl methyl sites for hydroxylation is 4. The third kappa shape index (κ3) is 4.30. The summed E-state index contributed by atoms with van der Waals surface area (Å²) in [5.74, 6) is 0.993. The molecule has 6 aromatic carbocycles. The summed E-state index contributed by atoms with van der Waals surface area (Å²) >= 11 is 0. The van der Waals surface area contributed by atoms with E-state index in [-0.39, 0.29) is 0 Å². The summed E-state index contributed by atoms with van der Waals surface area (Å²) in [6, 6.07) is 50.9. The number of nitrogens with zero attached hydrogens (tertiary/aromatic N) is 6. The molecule has 6 heteroatoms. The predicted octanol–water partition coefficient (Wildman–Crippen LogP) is 10.1. The van der Waals surface area contributed by atoms with E-state index in [1.165, 1.54) is 71.2 Å². The molecule has 0 saturated carbocycles. The summed E-state index contributed by atoms with van der Waals surface area (Å²) in [5, 5.41) is 6.72. The molecule has 0 aliphatic heterocycles. The quantitative estimate of drug-likeness (QED) is 0.163. The largest absolute Gasteiger partial charge is 0.344 e. The van der Waals surface area contributed by atoms with Crippen LogP contribution in [0.15, 0.2) is 146 Å². The van der Waals surface area contributed by atoms with Crippen LogP contribution >= 0.6 is 0 Å². The zero-order chi connectivity index (χ0) is 33.2. The third-order valence-electron chi connectivity index (χ3n) is 10.1. The molecule has 5 aromatic heterocycles. The van der Waals surface area contributed by atoms with Crippen LogP contribution in [0.2, 0.25) is 0 Å². The fraction of sp³-hybridized carbons (Fsp3) is 0.0930. The number of hydrogen-bond acceptors (Lipinski definition) is 1. The summed E-state index contributed by atoms with van der Waals surface area (Å²) in [4.78, 5) is 4.68. The lowest BCUT2D eigenvalue weighted by molar-refractivity contribution is 0.908. The Balaban J connectivity index is 0.000000100. The number of fused-ring (bicyclic) bond motifs is 13. The highest BCUT2D eigenvalue weighted by Gasteiger charge is 2.16. The van der Waals surface area contributed by atoms with Crippen molar-refractivity contribution in [1.29, 1.82) is 0 Å². The molecule has 11 aromatic rings. The zero-order valence-corrected chi connectivity index (χ0v) is 28.0. The van der Waals surface area contributed by atoms with Gasteiger partial charge in [-0.15, -0.1) is 0 Å². The average molecular weight is 637 g/mol. The topological polar surface area (TPSA) is 37.0 Å². The van der Waals surface area contributed by atoms with E-state index in [0.717, 1.165) is 11.3 Å². The minimum atomic E-state index is 0.993. The Labute approximate surface area is 283 Å². The SMILES string of the molecule is Cn1c2ccccc2c2c3ccccc3n(C)c21.Cn1c2ccccc2c2ccccc21.Cn1c2ccccc2n2c3ccccc3nc12. The van der Waals surface area contributed by atoms with Gasteiger partial charge in [0.15, 0.2) is 0 Å². The summed E-state index contributed by atoms with van der Waals surface area (Å²) < 4.78 is 11.2. The number of benzene rings is 6. The number of hydrogen-bond donors (Lipinski definition) is 0. The summed E-state index contributed by atoms with van der Waals surface area (Å²) in [7, 11) is 8.46. The molecule has 49 heavy (non-hydrogen) atoms. The van der Waals surface area contributed by atoms with Crippen LogP contribution in [0.5, 0.6) is 0 Å². The van der Waals surface area contributed by atoms with Gasteiger partial charge in [0.1, 0.15) is 5.65 Å². The van der Waals surface area contributed by atoms with Gasteiger partial charge in [-0.3, -0.25) is 4.40 Å². The Morgan fingerprint density at radius 1 is 0.347 bits per heavy atom. The van der Waals surface area contributed by atoms with Gasteiger partial charge in [-0.25, -0.2) is 4.98 Å². The molecule has 5 heterocycles. The van der Waals surface area contributed by atoms with Crippen LogP contribution < -0.4 is 0 Å². The first-order valence-corrected chi connectivity index (χ1v) is 16.7. The van der Waals surface area contributed by atoms with E-state index in [2.05, 4.69) is 195 Å². The Bertz CT molecular complexity index is 2870. The molecule has 6 nitrogen and oxygen atoms in total. The van der Waals surface area contributed by atoms with Crippen molar-refractivity contribution in [1.82, 2.24) is 27.7 Å². The summed E-state index contributed by atoms with van der Waals surface area (Å²) in [5.41, 5.74) is 11.1. The second kappa shape index (κ2) is 11.2. The maximum Gasteiger partial charge on any atom is 0.215 e. The molecule has 0 fully saturated rings. The third-order valence-corrected chi connectivity index (χ3v) is 10.1. The van der Waals surface area contributed by atoms with Crippen molar-refractivity contribution in [3.05, 3.63) is 146 Å². The predicted molar refractivity (Wildman–Crippen MR) is 207 cm³/mol. The van der Waals surface area contributed by atoms with E-state index in [1.54, 1.807) is 0 Å². The summed E-state index contributed by atoms with van der Waals surface area (Å²) in [6.07, 6.45) is 0. The lowest BCUT2D eigenvalue weighted by Crippen LogP contribution is -1.94. The van der Waals surface area contributed by atoms with Gasteiger partial charge in [-0.05, 0) is 48.5 Å². The molecule has 0 radical (unpaired) electrons. The van der Waals surface area contributed by atoms with Crippen molar-refractivity contribution in [3.63, 3.8) is 0 Å². The molecule has 0 aliphatic rings. The Hall–Kier alpha value is -6.27. The van der Waals surface area contributed by atoms with Crippen LogP contribution in [0.4, 0.5) is 0 Å². The Morgan fingerprint density at radius 3 is 1.27 bits per heavy atom. The van der Waals surface area contributed by atoms with Crippen molar-refractivity contribution in [3.8, 4) is 0 Å². The van der Waals surface area contributed by atoms with Crippen LogP contribution in [0, 0.1) is 0 Å². The normalized spacial score (nSPS) is 11.7. The van der Waals surface area contributed by atoms with E-state index in [0.29, 0.717) is 0 Å². The molecular formula is C43H36N6. The van der Waals surface area contributed by atoms with Crippen LogP contribution in [-0.2, 0) is 28.2 Å². The van der Waals surface area contributed by atoms with Crippen molar-refractivity contribution in [2.75, 3.05) is 0 Å². The standard InChI is InChI=1S/C16H14N2.C14H11N3.C13H11N/c1-17-13-9-5-3-7-11(13)15-12-8-4-6-10-14(12)18(2)16(15)17;1-16-12-8-4-5-9-13(12)17-11-7-3-2-6-10(11)15-14(16)17;1-14-12-8-4-2-6-10(12)11-7-3-5-9-13(11)14/h3-10H,1-2H3;2-9H,1H3;2-9H,1H3. The zero-order valence-electron chi connectivity index (χ0n) is 28.0. The minimum Gasteiger partial charge on any atom is -0.344 e. The molecule has 238 valence electrons. The van der Waals surface area contributed by atoms with Gasteiger partial charge in [-0.1, -0.05) is 97.1 Å². The molecule has 0 amide bonds. The van der Waals surface area contributed by atoms with Gasteiger partial charge in [0, 0.05) is 66.2 Å². The first-order valence-electron chi connectivity index (χ1n) is 16.7. The van der Waals surface area contributed by atoms with Crippen LogP contribution in [-0.4, -0.2) is 27.7 Å². The Kier molecular flexibility index (Phi) is 6.59. The average Bonchev–Trinajstić information content (AvgIpc) is 3.92. The first kappa shape index (κ1) is 28.9. The van der Waals surface area contributed by atoms with Gasteiger partial charge < -0.3 is 18.3 Å². The van der Waals surface area contributed by atoms with Crippen LogP contribution in [0.3, 0.4) is 0 Å². The van der Waals surface area contributed by atoms with E-state index < -0.39 is 0 Å². The fourth-order valence-corrected chi connectivity index (χ4v) is 7.77. The smallest absolute Gasteiger partial charge is 0.215 e. The van der Waals surface area contributed by atoms with Gasteiger partial charge in [-0.2, -0.15) is 0 Å². The minimum absolute atomic E-state index is 0.993. The maximum absolute atomic E-state index is 4.68. The second-order valence-electron chi connectivity index (χ2n) is 12.7. The molecule has 0 atom stereocenters. The monoisotopic (exact) mass is 636 g/mol. The molecule has 0 spiro atoms.